The molecule has 5 heteroatoms. The molecule has 0 unspecified atom stereocenters. The molecule has 1 fully saturated rings. The summed E-state index contributed by atoms with van der Waals surface area (Å²) in [4.78, 5) is 9.68. The van der Waals surface area contributed by atoms with Gasteiger partial charge in [0.15, 0.2) is 5.82 Å². The van der Waals surface area contributed by atoms with Crippen molar-refractivity contribution < 1.29 is 0 Å². The van der Waals surface area contributed by atoms with E-state index >= 15 is 0 Å². The van der Waals surface area contributed by atoms with Gasteiger partial charge in [-0.25, -0.2) is 9.97 Å². The molecule has 2 aromatic heterocycles. The van der Waals surface area contributed by atoms with Gasteiger partial charge in [-0.1, -0.05) is 80.8 Å². The Morgan fingerprint density at radius 3 is 2.42 bits per heavy atom. The van der Waals surface area contributed by atoms with Crippen LogP contribution in [0.2, 0.25) is 0 Å². The summed E-state index contributed by atoms with van der Waals surface area (Å²) in [6.45, 7) is 5.00. The highest BCUT2D eigenvalue weighted by Crippen LogP contribution is 2.33. The number of nitrogens with zero attached hydrogens (tertiary/aromatic N) is 3. The van der Waals surface area contributed by atoms with E-state index in [0.717, 1.165) is 72.6 Å². The molecule has 1 aliphatic carbocycles. The van der Waals surface area contributed by atoms with Gasteiger partial charge in [-0.05, 0) is 53.3 Å². The van der Waals surface area contributed by atoms with E-state index in [2.05, 4.69) is 70.3 Å². The number of unbranched alkanes of at least 4 members (excludes halogenated alkanes) is 1. The fourth-order valence-corrected chi connectivity index (χ4v) is 5.42. The summed E-state index contributed by atoms with van der Waals surface area (Å²) in [7, 11) is 0. The van der Waals surface area contributed by atoms with Crippen molar-refractivity contribution in [3.63, 3.8) is 0 Å². The lowest BCUT2D eigenvalue weighted by Gasteiger charge is -2.15. The molecule has 0 bridgehead atoms. The Morgan fingerprint density at radius 1 is 0.917 bits per heavy atom. The minimum atomic E-state index is 0.512. The second-order valence-electron chi connectivity index (χ2n) is 10.3. The van der Waals surface area contributed by atoms with Crippen LogP contribution < -0.4 is 11.1 Å². The maximum atomic E-state index is 6.42. The third kappa shape index (κ3) is 4.44. The second-order valence-corrected chi connectivity index (χ2v) is 10.3. The van der Waals surface area contributed by atoms with Gasteiger partial charge < -0.3 is 15.6 Å². The number of nitrogen functional groups attached to an aromatic ring is 1. The van der Waals surface area contributed by atoms with Crippen LogP contribution >= 0.6 is 0 Å². The fourth-order valence-electron chi connectivity index (χ4n) is 5.42. The van der Waals surface area contributed by atoms with Gasteiger partial charge in [0.25, 0.3) is 0 Å². The van der Waals surface area contributed by atoms with E-state index in [-0.39, 0.29) is 0 Å². The molecule has 0 spiro atoms. The van der Waals surface area contributed by atoms with Crippen molar-refractivity contribution >= 4 is 38.5 Å². The number of imidazole rings is 1. The van der Waals surface area contributed by atoms with Gasteiger partial charge in [0.1, 0.15) is 11.3 Å². The number of benzene rings is 3. The number of para-hydroxylation sites is 1. The van der Waals surface area contributed by atoms with Crippen LogP contribution in [-0.2, 0) is 19.5 Å². The Kier molecular flexibility index (Phi) is 6.32. The number of rotatable bonds is 10. The molecule has 5 aromatic rings. The molecule has 6 rings (SSSR count). The molecule has 0 saturated heterocycles. The van der Waals surface area contributed by atoms with Crippen molar-refractivity contribution in [3.05, 3.63) is 77.6 Å². The van der Waals surface area contributed by atoms with Gasteiger partial charge in [0.2, 0.25) is 0 Å². The molecule has 3 aromatic carbocycles. The minimum Gasteiger partial charge on any atom is -0.382 e. The zero-order valence-electron chi connectivity index (χ0n) is 21.1. The first-order chi connectivity index (χ1) is 17.7. The third-order valence-corrected chi connectivity index (χ3v) is 7.62. The molecule has 0 radical (unpaired) electrons. The summed E-state index contributed by atoms with van der Waals surface area (Å²) in [5.41, 5.74) is 11.9. The zero-order chi connectivity index (χ0) is 24.5. The first-order valence-electron chi connectivity index (χ1n) is 13.5. The molecule has 0 aliphatic heterocycles. The molecule has 2 heterocycles. The van der Waals surface area contributed by atoms with Crippen LogP contribution in [0.15, 0.2) is 60.7 Å². The van der Waals surface area contributed by atoms with E-state index < -0.39 is 0 Å². The summed E-state index contributed by atoms with van der Waals surface area (Å²) in [5.74, 6) is 2.56. The van der Waals surface area contributed by atoms with E-state index in [1.807, 2.05) is 12.1 Å². The molecule has 5 nitrogen and oxygen atoms in total. The van der Waals surface area contributed by atoms with Crippen LogP contribution in [0.25, 0.3) is 32.7 Å². The quantitative estimate of drug-likeness (QED) is 0.222. The predicted octanol–water partition coefficient (Wildman–Crippen LogP) is 6.60. The molecule has 0 atom stereocenters. The number of aryl methyl sites for hydroxylation is 1. The summed E-state index contributed by atoms with van der Waals surface area (Å²) < 4.78 is 2.39. The van der Waals surface area contributed by atoms with Crippen molar-refractivity contribution in [1.82, 2.24) is 19.9 Å². The Hall–Kier alpha value is -3.44. The summed E-state index contributed by atoms with van der Waals surface area (Å²) in [6, 6.07) is 21.7. The summed E-state index contributed by atoms with van der Waals surface area (Å²) >= 11 is 0. The largest absolute Gasteiger partial charge is 0.382 e. The molecule has 36 heavy (non-hydrogen) atoms. The monoisotopic (exact) mass is 477 g/mol. The normalized spacial score (nSPS) is 13.8. The molecule has 1 saturated carbocycles. The summed E-state index contributed by atoms with van der Waals surface area (Å²) in [5, 5.41) is 7.43. The Bertz CT molecular complexity index is 1530. The van der Waals surface area contributed by atoms with Crippen LogP contribution in [0.3, 0.4) is 0 Å². The highest BCUT2D eigenvalue weighted by molar-refractivity contribution is 6.06. The zero-order valence-corrected chi connectivity index (χ0v) is 21.1. The number of fused-ring (bicyclic) bond motifs is 4. The number of nitrogens with two attached hydrogens (primary N) is 1. The van der Waals surface area contributed by atoms with Crippen molar-refractivity contribution in [2.24, 2.45) is 5.92 Å². The SMILES string of the molecule is CCCCc1nc2c(N)nc3ccccc3c2n1Cc1ccc(CNCCC2CC2)c2ccccc12. The van der Waals surface area contributed by atoms with Gasteiger partial charge in [-0.3, -0.25) is 0 Å². The molecular formula is C31H35N5. The van der Waals surface area contributed by atoms with Gasteiger partial charge in [-0.2, -0.15) is 0 Å². The topological polar surface area (TPSA) is 68.8 Å². The lowest BCUT2D eigenvalue weighted by Crippen LogP contribution is -2.15. The van der Waals surface area contributed by atoms with Crippen LogP contribution in [0, 0.1) is 5.92 Å². The molecule has 184 valence electrons. The van der Waals surface area contributed by atoms with Crippen molar-refractivity contribution in [1.29, 1.82) is 0 Å². The molecular weight excluding hydrogens is 442 g/mol. The summed E-state index contributed by atoms with van der Waals surface area (Å²) in [6.07, 6.45) is 7.29. The first kappa shape index (κ1) is 23.0. The Morgan fingerprint density at radius 2 is 1.64 bits per heavy atom. The Labute approximate surface area is 212 Å². The van der Waals surface area contributed by atoms with Crippen LogP contribution in [-0.4, -0.2) is 21.1 Å². The van der Waals surface area contributed by atoms with Crippen LogP contribution in [0.5, 0.6) is 0 Å². The van der Waals surface area contributed by atoms with E-state index in [1.165, 1.54) is 41.2 Å². The van der Waals surface area contributed by atoms with E-state index in [4.69, 9.17) is 10.7 Å². The van der Waals surface area contributed by atoms with Gasteiger partial charge in [0.05, 0.1) is 11.0 Å². The van der Waals surface area contributed by atoms with Gasteiger partial charge >= 0.3 is 0 Å². The third-order valence-electron chi connectivity index (χ3n) is 7.62. The van der Waals surface area contributed by atoms with Gasteiger partial charge in [-0.15, -0.1) is 0 Å². The minimum absolute atomic E-state index is 0.512. The molecule has 0 amide bonds. The smallest absolute Gasteiger partial charge is 0.152 e. The first-order valence-corrected chi connectivity index (χ1v) is 13.5. The number of nitrogens with one attached hydrogen (secondary N) is 1. The standard InChI is InChI=1S/C31H35N5/c1-2-3-12-28-35-29-30(26-10-6-7-11-27(26)34-31(29)32)36(28)20-23-16-15-22(19-33-18-17-21-13-14-21)24-8-4-5-9-25(23)24/h4-11,15-16,21,33H,2-3,12-14,17-20H2,1H3,(H2,32,34). The number of hydrogen-bond donors (Lipinski definition) is 2. The molecule has 3 N–H and O–H groups in total. The number of aromatic nitrogens is 3. The van der Waals surface area contributed by atoms with E-state index in [0.29, 0.717) is 5.82 Å². The highest BCUT2D eigenvalue weighted by atomic mass is 15.1. The van der Waals surface area contributed by atoms with Crippen molar-refractivity contribution in [3.8, 4) is 0 Å². The van der Waals surface area contributed by atoms with E-state index in [9.17, 15) is 0 Å². The molecule has 1 aliphatic rings. The number of hydrogen-bond acceptors (Lipinski definition) is 4. The van der Waals surface area contributed by atoms with Crippen molar-refractivity contribution in [2.45, 2.75) is 58.5 Å². The fraction of sp³-hybridized carbons (Fsp3) is 0.355. The highest BCUT2D eigenvalue weighted by Gasteiger charge is 2.20. The number of anilines is 1. The maximum Gasteiger partial charge on any atom is 0.152 e. The number of pyridine rings is 1. The second kappa shape index (κ2) is 9.90. The predicted molar refractivity (Wildman–Crippen MR) is 150 cm³/mol. The van der Waals surface area contributed by atoms with Crippen LogP contribution in [0.1, 0.15) is 56.0 Å². The lowest BCUT2D eigenvalue weighted by molar-refractivity contribution is 0.614. The van der Waals surface area contributed by atoms with Crippen molar-refractivity contribution in [2.75, 3.05) is 12.3 Å². The Balaban J connectivity index is 1.42. The van der Waals surface area contributed by atoms with E-state index in [1.54, 1.807) is 0 Å². The maximum absolute atomic E-state index is 6.42. The lowest BCUT2D eigenvalue weighted by atomic mass is 9.99. The average molecular weight is 478 g/mol. The van der Waals surface area contributed by atoms with Gasteiger partial charge in [0, 0.05) is 24.9 Å². The average Bonchev–Trinajstić information content (AvgIpc) is 3.66. The van der Waals surface area contributed by atoms with Crippen LogP contribution in [0.4, 0.5) is 5.82 Å².